The Morgan fingerprint density at radius 3 is 2.73 bits per heavy atom. The van der Waals surface area contributed by atoms with E-state index in [1.54, 1.807) is 18.2 Å². The number of amides is 1. The zero-order chi connectivity index (χ0) is 16.3. The summed E-state index contributed by atoms with van der Waals surface area (Å²) < 4.78 is 0. The molecule has 1 fully saturated rings. The molecule has 1 amide bonds. The predicted molar refractivity (Wildman–Crippen MR) is 93.1 cm³/mol. The minimum absolute atomic E-state index is 0.00965. The van der Waals surface area contributed by atoms with Crippen molar-refractivity contribution in [1.29, 1.82) is 0 Å². The molecule has 5 heteroatoms. The van der Waals surface area contributed by atoms with Gasteiger partial charge in [0, 0.05) is 11.7 Å². The summed E-state index contributed by atoms with van der Waals surface area (Å²) in [5.74, 6) is 0.253. The van der Waals surface area contributed by atoms with Crippen LogP contribution in [0.4, 0.5) is 11.4 Å². The van der Waals surface area contributed by atoms with Crippen LogP contribution < -0.4 is 11.1 Å². The molecule has 0 aliphatic carbocycles. The number of nitrogens with two attached hydrogens (primary N) is 1. The Bertz CT molecular complexity index is 533. The molecule has 122 valence electrons. The number of nitrogen functional groups attached to an aromatic ring is 1. The number of nitrogens with one attached hydrogen (secondary N) is 1. The van der Waals surface area contributed by atoms with E-state index < -0.39 is 0 Å². The zero-order valence-corrected chi connectivity index (χ0v) is 14.4. The third kappa shape index (κ3) is 3.93. The smallest absolute Gasteiger partial charge is 0.242 e. The van der Waals surface area contributed by atoms with Crippen LogP contribution in [0.3, 0.4) is 0 Å². The lowest BCUT2D eigenvalue weighted by Gasteiger charge is -2.40. The van der Waals surface area contributed by atoms with E-state index in [4.69, 9.17) is 17.3 Å². The van der Waals surface area contributed by atoms with Crippen molar-refractivity contribution in [1.82, 2.24) is 4.90 Å². The van der Waals surface area contributed by atoms with Crippen LogP contribution in [0.5, 0.6) is 0 Å². The molecule has 2 rings (SSSR count). The highest BCUT2D eigenvalue weighted by atomic mass is 35.5. The van der Waals surface area contributed by atoms with Crippen molar-refractivity contribution < 1.29 is 4.79 Å². The minimum atomic E-state index is -0.135. The van der Waals surface area contributed by atoms with Crippen LogP contribution in [-0.4, -0.2) is 29.4 Å². The van der Waals surface area contributed by atoms with Gasteiger partial charge in [-0.15, -0.1) is 0 Å². The second-order valence-electron chi connectivity index (χ2n) is 6.50. The molecule has 1 aliphatic rings. The van der Waals surface area contributed by atoms with E-state index in [1.807, 2.05) is 0 Å². The fourth-order valence-electron chi connectivity index (χ4n) is 3.21. The second kappa shape index (κ2) is 7.34. The van der Waals surface area contributed by atoms with Crippen LogP contribution in [0.1, 0.15) is 40.0 Å². The van der Waals surface area contributed by atoms with Crippen LogP contribution in [0, 0.1) is 5.92 Å². The average molecular weight is 324 g/mol. The van der Waals surface area contributed by atoms with Crippen LogP contribution in [0.2, 0.25) is 5.02 Å². The SMILES string of the molecule is CC(C)C(C(=O)Nc1ccc(N)cc1Cl)N1CCCCC1C. The van der Waals surface area contributed by atoms with Crippen molar-refractivity contribution in [2.24, 2.45) is 5.92 Å². The highest BCUT2D eigenvalue weighted by Crippen LogP contribution is 2.27. The number of anilines is 2. The average Bonchev–Trinajstić information content (AvgIpc) is 2.44. The van der Waals surface area contributed by atoms with Gasteiger partial charge in [-0.05, 0) is 50.4 Å². The first kappa shape index (κ1) is 17.1. The number of nitrogens with zero attached hydrogens (tertiary/aromatic N) is 1. The number of halogens is 1. The van der Waals surface area contributed by atoms with E-state index >= 15 is 0 Å². The Morgan fingerprint density at radius 2 is 2.14 bits per heavy atom. The molecule has 2 atom stereocenters. The summed E-state index contributed by atoms with van der Waals surface area (Å²) in [5, 5.41) is 3.44. The van der Waals surface area contributed by atoms with Crippen molar-refractivity contribution in [3.63, 3.8) is 0 Å². The molecule has 0 radical (unpaired) electrons. The van der Waals surface area contributed by atoms with Gasteiger partial charge in [-0.1, -0.05) is 31.9 Å². The summed E-state index contributed by atoms with van der Waals surface area (Å²) in [6.07, 6.45) is 3.55. The molecule has 2 unspecified atom stereocenters. The number of piperidine rings is 1. The molecule has 4 nitrogen and oxygen atoms in total. The third-order valence-electron chi connectivity index (χ3n) is 4.36. The molecule has 1 aliphatic heterocycles. The molecule has 0 bridgehead atoms. The molecule has 3 N–H and O–H groups in total. The van der Waals surface area contributed by atoms with E-state index in [0.717, 1.165) is 19.4 Å². The number of carbonyl (C=O) groups is 1. The zero-order valence-electron chi connectivity index (χ0n) is 13.6. The summed E-state index contributed by atoms with van der Waals surface area (Å²) in [5.41, 5.74) is 6.91. The number of hydrogen-bond acceptors (Lipinski definition) is 3. The van der Waals surface area contributed by atoms with Crippen LogP contribution in [0.25, 0.3) is 0 Å². The van der Waals surface area contributed by atoms with E-state index in [-0.39, 0.29) is 17.9 Å². The molecule has 1 aromatic carbocycles. The van der Waals surface area contributed by atoms with Gasteiger partial charge < -0.3 is 11.1 Å². The van der Waals surface area contributed by atoms with Gasteiger partial charge in [0.2, 0.25) is 5.91 Å². The summed E-state index contributed by atoms with van der Waals surface area (Å²) in [6, 6.07) is 5.46. The van der Waals surface area contributed by atoms with Crippen LogP contribution >= 0.6 is 11.6 Å². The standard InChI is InChI=1S/C17H26ClN3O/c1-11(2)16(21-9-5-4-6-12(21)3)17(22)20-15-8-7-13(19)10-14(15)18/h7-8,10-12,16H,4-6,9,19H2,1-3H3,(H,20,22). The molecule has 0 saturated carbocycles. The highest BCUT2D eigenvalue weighted by molar-refractivity contribution is 6.34. The maximum absolute atomic E-state index is 12.8. The van der Waals surface area contributed by atoms with Crippen LogP contribution in [0.15, 0.2) is 18.2 Å². The van der Waals surface area contributed by atoms with Crippen molar-refractivity contribution in [3.05, 3.63) is 23.2 Å². The van der Waals surface area contributed by atoms with E-state index in [1.165, 1.54) is 6.42 Å². The Morgan fingerprint density at radius 1 is 1.41 bits per heavy atom. The van der Waals surface area contributed by atoms with Gasteiger partial charge in [-0.25, -0.2) is 0 Å². The fourth-order valence-corrected chi connectivity index (χ4v) is 3.45. The molecule has 1 saturated heterocycles. The van der Waals surface area contributed by atoms with Gasteiger partial charge in [0.15, 0.2) is 0 Å². The Kier molecular flexibility index (Phi) is 5.70. The van der Waals surface area contributed by atoms with E-state index in [2.05, 4.69) is 31.0 Å². The van der Waals surface area contributed by atoms with E-state index in [9.17, 15) is 4.79 Å². The normalized spacial score (nSPS) is 20.9. The second-order valence-corrected chi connectivity index (χ2v) is 6.91. The number of rotatable bonds is 4. The van der Waals surface area contributed by atoms with Crippen molar-refractivity contribution in [2.45, 2.75) is 52.1 Å². The first-order valence-corrected chi connectivity index (χ1v) is 8.39. The van der Waals surface area contributed by atoms with Gasteiger partial charge in [0.05, 0.1) is 16.8 Å². The predicted octanol–water partition coefficient (Wildman–Crippen LogP) is 3.76. The lowest BCUT2D eigenvalue weighted by Crippen LogP contribution is -2.53. The lowest BCUT2D eigenvalue weighted by molar-refractivity contribution is -0.124. The topological polar surface area (TPSA) is 58.4 Å². The molecule has 22 heavy (non-hydrogen) atoms. The maximum atomic E-state index is 12.8. The van der Waals surface area contributed by atoms with Crippen molar-refractivity contribution in [3.8, 4) is 0 Å². The lowest BCUT2D eigenvalue weighted by atomic mass is 9.94. The summed E-state index contributed by atoms with van der Waals surface area (Å²) >= 11 is 6.16. The van der Waals surface area contributed by atoms with Crippen molar-refractivity contribution in [2.75, 3.05) is 17.6 Å². The van der Waals surface area contributed by atoms with E-state index in [0.29, 0.717) is 22.4 Å². The number of benzene rings is 1. The molecule has 0 aromatic heterocycles. The number of carbonyl (C=O) groups excluding carboxylic acids is 1. The summed E-state index contributed by atoms with van der Waals surface area (Å²) in [4.78, 5) is 15.1. The summed E-state index contributed by atoms with van der Waals surface area (Å²) in [7, 11) is 0. The summed E-state index contributed by atoms with van der Waals surface area (Å²) in [6.45, 7) is 7.37. The Labute approximate surface area is 138 Å². The molecule has 1 aromatic rings. The monoisotopic (exact) mass is 323 g/mol. The molecule has 1 heterocycles. The first-order chi connectivity index (χ1) is 10.4. The first-order valence-electron chi connectivity index (χ1n) is 8.01. The quantitative estimate of drug-likeness (QED) is 0.829. The van der Waals surface area contributed by atoms with Crippen molar-refractivity contribution >= 4 is 28.9 Å². The maximum Gasteiger partial charge on any atom is 0.242 e. The fraction of sp³-hybridized carbons (Fsp3) is 0.588. The van der Waals surface area contributed by atoms with Gasteiger partial charge >= 0.3 is 0 Å². The Balaban J connectivity index is 2.16. The number of hydrogen-bond donors (Lipinski definition) is 2. The van der Waals surface area contributed by atoms with Gasteiger partial charge in [0.25, 0.3) is 0 Å². The van der Waals surface area contributed by atoms with Gasteiger partial charge in [-0.3, -0.25) is 9.69 Å². The Hall–Kier alpha value is -1.26. The van der Waals surface area contributed by atoms with Crippen LogP contribution in [-0.2, 0) is 4.79 Å². The molecular formula is C17H26ClN3O. The minimum Gasteiger partial charge on any atom is -0.399 e. The molecule has 0 spiro atoms. The molecular weight excluding hydrogens is 298 g/mol. The largest absolute Gasteiger partial charge is 0.399 e. The highest BCUT2D eigenvalue weighted by Gasteiger charge is 2.33. The number of likely N-dealkylation sites (tertiary alicyclic amines) is 1. The third-order valence-corrected chi connectivity index (χ3v) is 4.68. The van der Waals surface area contributed by atoms with Gasteiger partial charge in [-0.2, -0.15) is 0 Å². The van der Waals surface area contributed by atoms with Gasteiger partial charge in [0.1, 0.15) is 0 Å².